The molecule has 1 aromatic rings. The van der Waals surface area contributed by atoms with Crippen molar-refractivity contribution in [2.24, 2.45) is 0 Å². The van der Waals surface area contributed by atoms with E-state index in [0.29, 0.717) is 6.61 Å². The third-order valence-electron chi connectivity index (χ3n) is 1.67. The molecule has 0 N–H and O–H groups in total. The Morgan fingerprint density at radius 3 is 2.69 bits per heavy atom. The van der Waals surface area contributed by atoms with Crippen molar-refractivity contribution < 1.29 is 4.74 Å². The van der Waals surface area contributed by atoms with E-state index in [1.54, 1.807) is 0 Å². The van der Waals surface area contributed by atoms with Crippen LogP contribution in [0.1, 0.15) is 18.9 Å². The van der Waals surface area contributed by atoms with Crippen LogP contribution < -0.4 is 0 Å². The van der Waals surface area contributed by atoms with Crippen LogP contribution in [0.5, 0.6) is 0 Å². The molecule has 0 fully saturated rings. The molecule has 1 heteroatoms. The summed E-state index contributed by atoms with van der Waals surface area (Å²) in [4.78, 5) is 0. The molecule has 0 saturated carbocycles. The molecule has 0 heterocycles. The molecule has 0 atom stereocenters. The van der Waals surface area contributed by atoms with Crippen molar-refractivity contribution in [1.82, 2.24) is 0 Å². The largest absolute Gasteiger partial charge is 0.447 e. The Kier molecular flexibility index (Phi) is 4.56. The van der Waals surface area contributed by atoms with E-state index in [9.17, 15) is 0 Å². The maximum atomic E-state index is 4.91. The van der Waals surface area contributed by atoms with Gasteiger partial charge in [-0.2, -0.15) is 0 Å². The summed E-state index contributed by atoms with van der Waals surface area (Å²) in [5, 5.41) is 0. The van der Waals surface area contributed by atoms with Crippen LogP contribution in [0, 0.1) is 12.0 Å². The molecule has 1 nitrogen and oxygen atoms in total. The fourth-order valence-electron chi connectivity index (χ4n) is 1.03. The molecule has 0 aliphatic heterocycles. The first kappa shape index (κ1) is 9.67. The zero-order valence-corrected chi connectivity index (χ0v) is 7.92. The fourth-order valence-corrected chi connectivity index (χ4v) is 1.03. The van der Waals surface area contributed by atoms with Crippen molar-refractivity contribution in [2.45, 2.75) is 19.8 Å². The highest BCUT2D eigenvalue weighted by atomic mass is 16.5. The van der Waals surface area contributed by atoms with Gasteiger partial charge in [-0.05, 0) is 18.9 Å². The minimum atomic E-state index is 0.665. The van der Waals surface area contributed by atoms with Crippen molar-refractivity contribution in [2.75, 3.05) is 6.61 Å². The Morgan fingerprint density at radius 1 is 1.23 bits per heavy atom. The van der Waals surface area contributed by atoms with Gasteiger partial charge in [0.25, 0.3) is 0 Å². The molecule has 0 saturated heterocycles. The minimum Gasteiger partial charge on any atom is -0.447 e. The van der Waals surface area contributed by atoms with Gasteiger partial charge >= 0.3 is 0 Å². The van der Waals surface area contributed by atoms with Crippen LogP contribution in [0.4, 0.5) is 0 Å². The normalized spacial score (nSPS) is 8.69. The zero-order valence-electron chi connectivity index (χ0n) is 7.92. The first-order chi connectivity index (χ1) is 6.43. The average molecular weight is 174 g/mol. The van der Waals surface area contributed by atoms with Crippen molar-refractivity contribution in [1.29, 1.82) is 0 Å². The van der Waals surface area contributed by atoms with Gasteiger partial charge in [-0.15, -0.1) is 0 Å². The predicted octanol–water partition coefficient (Wildman–Crippen LogP) is 2.62. The lowest BCUT2D eigenvalue weighted by molar-refractivity contribution is 0.298. The van der Waals surface area contributed by atoms with Crippen LogP contribution in [-0.4, -0.2) is 6.61 Å². The molecule has 0 aliphatic carbocycles. The summed E-state index contributed by atoms with van der Waals surface area (Å²) < 4.78 is 4.91. The molecule has 13 heavy (non-hydrogen) atoms. The van der Waals surface area contributed by atoms with Crippen LogP contribution >= 0.6 is 0 Å². The summed E-state index contributed by atoms with van der Waals surface area (Å²) in [5.41, 5.74) is 1.33. The Bertz CT molecular complexity index is 279. The average Bonchev–Trinajstić information content (AvgIpc) is 2.19. The van der Waals surface area contributed by atoms with Crippen LogP contribution in [0.25, 0.3) is 0 Å². The molecule has 1 rings (SSSR count). The van der Waals surface area contributed by atoms with E-state index in [4.69, 9.17) is 4.74 Å². The predicted molar refractivity (Wildman–Crippen MR) is 54.2 cm³/mol. The summed E-state index contributed by atoms with van der Waals surface area (Å²) in [6, 6.07) is 10.3. The molecule has 0 radical (unpaired) electrons. The van der Waals surface area contributed by atoms with Gasteiger partial charge in [0, 0.05) is 6.42 Å². The van der Waals surface area contributed by atoms with E-state index in [1.807, 2.05) is 25.1 Å². The molecule has 0 spiro atoms. The summed E-state index contributed by atoms with van der Waals surface area (Å²) in [5.74, 6) is 2.96. The quantitative estimate of drug-likeness (QED) is 0.640. The number of rotatable bonds is 3. The van der Waals surface area contributed by atoms with Gasteiger partial charge in [0.05, 0.1) is 6.61 Å². The van der Waals surface area contributed by atoms with E-state index >= 15 is 0 Å². The summed E-state index contributed by atoms with van der Waals surface area (Å²) in [6.45, 7) is 2.60. The second-order valence-electron chi connectivity index (χ2n) is 2.70. The third-order valence-corrected chi connectivity index (χ3v) is 1.67. The smallest absolute Gasteiger partial charge is 0.110 e. The van der Waals surface area contributed by atoms with Crippen LogP contribution in [0.3, 0.4) is 0 Å². The van der Waals surface area contributed by atoms with Crippen molar-refractivity contribution >= 4 is 0 Å². The number of ether oxygens (including phenoxy) is 1. The molecule has 1 aromatic carbocycles. The lowest BCUT2D eigenvalue weighted by Crippen LogP contribution is -1.82. The number of aryl methyl sites for hydroxylation is 1. The molecule has 0 aliphatic rings. The molecule has 0 unspecified atom stereocenters. The van der Waals surface area contributed by atoms with Gasteiger partial charge in [0.15, 0.2) is 0 Å². The maximum absolute atomic E-state index is 4.91. The molecule has 68 valence electrons. The minimum absolute atomic E-state index is 0.665. The molecule has 0 aromatic heterocycles. The fraction of sp³-hybridized carbons (Fsp3) is 0.333. The highest BCUT2D eigenvalue weighted by molar-refractivity contribution is 5.15. The third kappa shape index (κ3) is 4.22. The van der Waals surface area contributed by atoms with Crippen LogP contribution in [0.15, 0.2) is 30.3 Å². The molecular formula is C12H14O. The second kappa shape index (κ2) is 6.14. The summed E-state index contributed by atoms with van der Waals surface area (Å²) >= 11 is 0. The van der Waals surface area contributed by atoms with Crippen LogP contribution in [0.2, 0.25) is 0 Å². The summed E-state index contributed by atoms with van der Waals surface area (Å²) in [7, 11) is 0. The number of benzene rings is 1. The van der Waals surface area contributed by atoms with E-state index in [0.717, 1.165) is 12.8 Å². The Hall–Kier alpha value is -1.42. The van der Waals surface area contributed by atoms with Crippen molar-refractivity contribution in [3.63, 3.8) is 0 Å². The van der Waals surface area contributed by atoms with Gasteiger partial charge in [0.1, 0.15) is 6.11 Å². The Morgan fingerprint density at radius 2 is 2.00 bits per heavy atom. The standard InChI is InChI=1S/C12H14O/c1-2-13-11-7-6-10-12-8-4-3-5-9-12/h3-5,8-9H,2,6,10H2,1H3. The van der Waals surface area contributed by atoms with Gasteiger partial charge in [0.2, 0.25) is 0 Å². The van der Waals surface area contributed by atoms with Crippen molar-refractivity contribution in [3.05, 3.63) is 35.9 Å². The van der Waals surface area contributed by atoms with Gasteiger partial charge in [-0.3, -0.25) is 0 Å². The van der Waals surface area contributed by atoms with Crippen molar-refractivity contribution in [3.8, 4) is 12.0 Å². The van der Waals surface area contributed by atoms with E-state index in [2.05, 4.69) is 24.2 Å². The zero-order chi connectivity index (χ0) is 9.36. The van der Waals surface area contributed by atoms with E-state index < -0.39 is 0 Å². The highest BCUT2D eigenvalue weighted by Gasteiger charge is 1.87. The highest BCUT2D eigenvalue weighted by Crippen LogP contribution is 2.00. The van der Waals surface area contributed by atoms with E-state index in [-0.39, 0.29) is 0 Å². The Balaban J connectivity index is 2.25. The summed E-state index contributed by atoms with van der Waals surface area (Å²) in [6.07, 6.45) is 4.52. The number of hydrogen-bond donors (Lipinski definition) is 0. The second-order valence-corrected chi connectivity index (χ2v) is 2.70. The monoisotopic (exact) mass is 174 g/mol. The lowest BCUT2D eigenvalue weighted by atomic mass is 10.1. The topological polar surface area (TPSA) is 9.23 Å². The number of hydrogen-bond acceptors (Lipinski definition) is 1. The maximum Gasteiger partial charge on any atom is 0.110 e. The molecule has 0 amide bonds. The molecular weight excluding hydrogens is 160 g/mol. The van der Waals surface area contributed by atoms with Gasteiger partial charge in [-0.25, -0.2) is 0 Å². The SMILES string of the molecule is CCOC#CCCc1ccccc1. The Labute approximate surface area is 79.7 Å². The van der Waals surface area contributed by atoms with Gasteiger partial charge < -0.3 is 4.74 Å². The first-order valence-corrected chi connectivity index (χ1v) is 4.57. The van der Waals surface area contributed by atoms with E-state index in [1.165, 1.54) is 5.56 Å². The molecule has 0 bridgehead atoms. The first-order valence-electron chi connectivity index (χ1n) is 4.57. The van der Waals surface area contributed by atoms with Crippen LogP contribution in [-0.2, 0) is 11.2 Å². The lowest BCUT2D eigenvalue weighted by Gasteiger charge is -1.94. The van der Waals surface area contributed by atoms with Gasteiger partial charge in [-0.1, -0.05) is 36.3 Å².